The molecular formula is C16H24N2O. The molecule has 3 nitrogen and oxygen atoms in total. The fourth-order valence-corrected chi connectivity index (χ4v) is 2.76. The van der Waals surface area contributed by atoms with Crippen LogP contribution in [0.2, 0.25) is 0 Å². The summed E-state index contributed by atoms with van der Waals surface area (Å²) in [5.74, 6) is 0.211. The second-order valence-corrected chi connectivity index (χ2v) is 5.68. The van der Waals surface area contributed by atoms with Crippen LogP contribution in [0.5, 0.6) is 0 Å². The molecule has 1 aliphatic heterocycles. The topological polar surface area (TPSA) is 32.3 Å². The summed E-state index contributed by atoms with van der Waals surface area (Å²) in [6.45, 7) is 11.0. The van der Waals surface area contributed by atoms with Crippen molar-refractivity contribution in [3.05, 3.63) is 34.9 Å². The summed E-state index contributed by atoms with van der Waals surface area (Å²) >= 11 is 0. The Labute approximate surface area is 116 Å². The van der Waals surface area contributed by atoms with E-state index in [4.69, 9.17) is 0 Å². The van der Waals surface area contributed by atoms with E-state index in [1.807, 2.05) is 18.7 Å². The number of rotatable bonds is 3. The molecule has 19 heavy (non-hydrogen) atoms. The Morgan fingerprint density at radius 1 is 1.32 bits per heavy atom. The number of nitrogens with zero attached hydrogens (tertiary/aromatic N) is 1. The summed E-state index contributed by atoms with van der Waals surface area (Å²) in [6.07, 6.45) is 0.811. The second kappa shape index (κ2) is 4.97. The van der Waals surface area contributed by atoms with E-state index >= 15 is 0 Å². The van der Waals surface area contributed by atoms with E-state index in [0.29, 0.717) is 0 Å². The minimum Gasteiger partial charge on any atom is -0.322 e. The number of likely N-dealkylation sites (N-methyl/N-ethyl adjacent to an activating group) is 1. The van der Waals surface area contributed by atoms with E-state index < -0.39 is 5.54 Å². The number of hydrogen-bond donors (Lipinski definition) is 1. The van der Waals surface area contributed by atoms with Gasteiger partial charge in [-0.05, 0) is 45.2 Å². The zero-order valence-electron chi connectivity index (χ0n) is 12.6. The van der Waals surface area contributed by atoms with E-state index in [9.17, 15) is 4.79 Å². The number of aryl methyl sites for hydroxylation is 2. The zero-order valence-corrected chi connectivity index (χ0v) is 12.6. The molecule has 0 radical (unpaired) electrons. The van der Waals surface area contributed by atoms with Crippen LogP contribution < -0.4 is 5.32 Å². The van der Waals surface area contributed by atoms with Gasteiger partial charge in [0, 0.05) is 6.54 Å². The highest BCUT2D eigenvalue weighted by molar-refractivity contribution is 5.88. The van der Waals surface area contributed by atoms with Crippen molar-refractivity contribution in [2.24, 2.45) is 0 Å². The van der Waals surface area contributed by atoms with E-state index in [1.54, 1.807) is 0 Å². The van der Waals surface area contributed by atoms with Gasteiger partial charge in [0.05, 0.1) is 5.54 Å². The summed E-state index contributed by atoms with van der Waals surface area (Å²) in [4.78, 5) is 14.5. The average molecular weight is 260 g/mol. The molecule has 1 aliphatic rings. The Kier molecular flexibility index (Phi) is 3.68. The third kappa shape index (κ3) is 2.27. The van der Waals surface area contributed by atoms with Crippen LogP contribution in [0, 0.1) is 13.8 Å². The lowest BCUT2D eigenvalue weighted by molar-refractivity contribution is -0.132. The number of benzene rings is 1. The number of carbonyl (C=O) groups excluding carboxylic acids is 1. The second-order valence-electron chi connectivity index (χ2n) is 5.68. The van der Waals surface area contributed by atoms with Crippen molar-refractivity contribution in [3.8, 4) is 0 Å². The highest BCUT2D eigenvalue weighted by Gasteiger charge is 2.46. The molecule has 0 saturated carbocycles. The van der Waals surface area contributed by atoms with E-state index in [0.717, 1.165) is 13.0 Å². The first-order valence-electron chi connectivity index (χ1n) is 7.09. The lowest BCUT2D eigenvalue weighted by atomic mass is 9.99. The first-order valence-corrected chi connectivity index (χ1v) is 7.09. The fourth-order valence-electron chi connectivity index (χ4n) is 2.76. The highest BCUT2D eigenvalue weighted by atomic mass is 16.2. The van der Waals surface area contributed by atoms with Crippen molar-refractivity contribution >= 4 is 5.91 Å². The van der Waals surface area contributed by atoms with Gasteiger partial charge in [-0.1, -0.05) is 30.7 Å². The smallest absolute Gasteiger partial charge is 0.244 e. The molecule has 104 valence electrons. The summed E-state index contributed by atoms with van der Waals surface area (Å²) in [6, 6.07) is 6.43. The third-order valence-electron chi connectivity index (χ3n) is 4.28. The molecule has 1 saturated heterocycles. The molecule has 2 atom stereocenters. The predicted molar refractivity (Wildman–Crippen MR) is 77.9 cm³/mol. The molecular weight excluding hydrogens is 236 g/mol. The first kappa shape index (κ1) is 14.1. The Balaban J connectivity index is 2.44. The van der Waals surface area contributed by atoms with Crippen LogP contribution in [0.15, 0.2) is 18.2 Å². The van der Waals surface area contributed by atoms with Crippen LogP contribution in [0.25, 0.3) is 0 Å². The van der Waals surface area contributed by atoms with E-state index in [1.165, 1.54) is 16.7 Å². The maximum absolute atomic E-state index is 12.5. The number of hydrogen-bond acceptors (Lipinski definition) is 2. The summed E-state index contributed by atoms with van der Waals surface area (Å²) in [7, 11) is 0. The maximum atomic E-state index is 12.5. The molecule has 0 aliphatic carbocycles. The minimum atomic E-state index is -0.434. The molecule has 1 aromatic carbocycles. The lowest BCUT2D eigenvalue weighted by Crippen LogP contribution is -2.43. The molecule has 0 bridgehead atoms. The molecule has 2 rings (SSSR count). The number of nitrogens with one attached hydrogen (secondary N) is 1. The predicted octanol–water partition coefficient (Wildman–Crippen LogP) is 2.92. The van der Waals surface area contributed by atoms with Crippen molar-refractivity contribution in [2.45, 2.75) is 52.7 Å². The third-order valence-corrected chi connectivity index (χ3v) is 4.28. The molecule has 1 amide bonds. The molecule has 1 N–H and O–H groups in total. The highest BCUT2D eigenvalue weighted by Crippen LogP contribution is 2.33. The van der Waals surface area contributed by atoms with Crippen molar-refractivity contribution in [1.82, 2.24) is 10.2 Å². The van der Waals surface area contributed by atoms with Crippen LogP contribution in [0.1, 0.15) is 50.0 Å². The van der Waals surface area contributed by atoms with Gasteiger partial charge in [0.25, 0.3) is 0 Å². The lowest BCUT2D eigenvalue weighted by Gasteiger charge is -2.24. The molecule has 3 heteroatoms. The summed E-state index contributed by atoms with van der Waals surface area (Å²) in [5, 5.41) is 3.53. The van der Waals surface area contributed by atoms with Gasteiger partial charge in [0.15, 0.2) is 0 Å². The molecule has 1 fully saturated rings. The standard InChI is InChI=1S/C16H24N2O/c1-6-16(5)15(19)18(7-2)14(17-16)13-10-11(3)8-9-12(13)4/h8-10,14,17H,6-7H2,1-5H3. The van der Waals surface area contributed by atoms with Crippen LogP contribution in [-0.4, -0.2) is 22.9 Å². The maximum Gasteiger partial charge on any atom is 0.244 e. The van der Waals surface area contributed by atoms with E-state index in [-0.39, 0.29) is 12.1 Å². The Hall–Kier alpha value is -1.35. The fraction of sp³-hybridized carbons (Fsp3) is 0.562. The molecule has 0 aromatic heterocycles. The minimum absolute atomic E-state index is 0.00218. The van der Waals surface area contributed by atoms with Crippen LogP contribution in [-0.2, 0) is 4.79 Å². The molecule has 2 unspecified atom stereocenters. The van der Waals surface area contributed by atoms with Gasteiger partial charge in [-0.3, -0.25) is 10.1 Å². The summed E-state index contributed by atoms with van der Waals surface area (Å²) in [5.41, 5.74) is 3.25. The van der Waals surface area contributed by atoms with Crippen molar-refractivity contribution in [2.75, 3.05) is 6.54 Å². The van der Waals surface area contributed by atoms with Crippen LogP contribution in [0.4, 0.5) is 0 Å². The van der Waals surface area contributed by atoms with Gasteiger partial charge in [-0.25, -0.2) is 0 Å². The molecule has 1 aromatic rings. The van der Waals surface area contributed by atoms with Gasteiger partial charge in [0.1, 0.15) is 6.17 Å². The van der Waals surface area contributed by atoms with Gasteiger partial charge in [-0.2, -0.15) is 0 Å². The van der Waals surface area contributed by atoms with Gasteiger partial charge in [0.2, 0.25) is 5.91 Å². The Morgan fingerprint density at radius 2 is 2.00 bits per heavy atom. The van der Waals surface area contributed by atoms with Gasteiger partial charge in [-0.15, -0.1) is 0 Å². The zero-order chi connectivity index (χ0) is 14.2. The molecule has 1 heterocycles. The Bertz CT molecular complexity index is 498. The number of amides is 1. The largest absolute Gasteiger partial charge is 0.322 e. The van der Waals surface area contributed by atoms with Crippen molar-refractivity contribution in [3.63, 3.8) is 0 Å². The van der Waals surface area contributed by atoms with Gasteiger partial charge < -0.3 is 4.90 Å². The first-order chi connectivity index (χ1) is 8.92. The average Bonchev–Trinajstić information content (AvgIpc) is 2.65. The normalized spacial score (nSPS) is 27.1. The SMILES string of the molecule is CCN1C(=O)C(C)(CC)NC1c1cc(C)ccc1C. The van der Waals surface area contributed by atoms with Gasteiger partial charge >= 0.3 is 0 Å². The van der Waals surface area contributed by atoms with Crippen molar-refractivity contribution < 1.29 is 4.79 Å². The van der Waals surface area contributed by atoms with Crippen LogP contribution in [0.3, 0.4) is 0 Å². The monoisotopic (exact) mass is 260 g/mol. The van der Waals surface area contributed by atoms with E-state index in [2.05, 4.69) is 44.3 Å². The Morgan fingerprint density at radius 3 is 2.58 bits per heavy atom. The number of carbonyl (C=O) groups is 1. The quantitative estimate of drug-likeness (QED) is 0.906. The van der Waals surface area contributed by atoms with Crippen molar-refractivity contribution in [1.29, 1.82) is 0 Å². The summed E-state index contributed by atoms with van der Waals surface area (Å²) < 4.78 is 0. The molecule has 0 spiro atoms. The van der Waals surface area contributed by atoms with Crippen LogP contribution >= 0.6 is 0 Å².